The van der Waals surface area contributed by atoms with Crippen LogP contribution in [0.2, 0.25) is 0 Å². The maximum absolute atomic E-state index is 12.3. The van der Waals surface area contributed by atoms with Crippen LogP contribution >= 0.6 is 0 Å². The summed E-state index contributed by atoms with van der Waals surface area (Å²) >= 11 is 0. The number of hydrogen-bond donors (Lipinski definition) is 2. The lowest BCUT2D eigenvalue weighted by Gasteiger charge is -2.13. The lowest BCUT2D eigenvalue weighted by molar-refractivity contribution is 0.102. The highest BCUT2D eigenvalue weighted by molar-refractivity contribution is 6.07. The smallest absolute Gasteiger partial charge is 0.259 e. The number of benzene rings is 1. The number of ether oxygens (including phenoxy) is 1. The van der Waals surface area contributed by atoms with Crippen molar-refractivity contribution in [1.82, 2.24) is 4.98 Å². The Kier molecular flexibility index (Phi) is 4.77. The number of carbonyl (C=O) groups excluding carboxylic acids is 1. The van der Waals surface area contributed by atoms with Crippen molar-refractivity contribution in [3.05, 3.63) is 48.2 Å². The van der Waals surface area contributed by atoms with Crippen molar-refractivity contribution in [3.8, 4) is 5.75 Å². The molecule has 2 N–H and O–H groups in total. The number of rotatable bonds is 5. The van der Waals surface area contributed by atoms with Gasteiger partial charge in [-0.3, -0.25) is 4.79 Å². The van der Waals surface area contributed by atoms with E-state index in [9.17, 15) is 4.79 Å². The van der Waals surface area contributed by atoms with Crippen molar-refractivity contribution in [2.24, 2.45) is 0 Å². The summed E-state index contributed by atoms with van der Waals surface area (Å²) in [7, 11) is 1.60. The van der Waals surface area contributed by atoms with E-state index in [0.29, 0.717) is 17.1 Å². The predicted octanol–water partition coefficient (Wildman–Crippen LogP) is 3.16. The van der Waals surface area contributed by atoms with E-state index < -0.39 is 0 Å². The molecule has 5 nitrogen and oxygen atoms in total. The Morgan fingerprint density at radius 1 is 1.19 bits per heavy atom. The molecule has 2 aromatic rings. The summed E-state index contributed by atoms with van der Waals surface area (Å²) in [6.45, 7) is 4.00. The standard InChI is InChI=1S/C16H19N3O2/c1-11(2)18-15-14(5-4-10-17-15)16(20)19-12-6-8-13(21-3)9-7-12/h4-11H,1-3H3,(H,17,18)(H,19,20). The van der Waals surface area contributed by atoms with E-state index in [1.807, 2.05) is 13.8 Å². The van der Waals surface area contributed by atoms with Crippen LogP contribution in [-0.2, 0) is 0 Å². The molecule has 1 aromatic heterocycles. The van der Waals surface area contributed by atoms with Gasteiger partial charge in [0.25, 0.3) is 5.91 Å². The number of methoxy groups -OCH3 is 1. The number of nitrogens with one attached hydrogen (secondary N) is 2. The molecule has 1 heterocycles. The molecular formula is C16H19N3O2. The second-order valence-electron chi connectivity index (χ2n) is 4.88. The molecule has 0 radical (unpaired) electrons. The second-order valence-corrected chi connectivity index (χ2v) is 4.88. The fourth-order valence-corrected chi connectivity index (χ4v) is 1.85. The third-order valence-electron chi connectivity index (χ3n) is 2.83. The Labute approximate surface area is 124 Å². The molecule has 0 spiro atoms. The number of hydrogen-bond acceptors (Lipinski definition) is 4. The molecule has 2 rings (SSSR count). The molecule has 0 saturated heterocycles. The lowest BCUT2D eigenvalue weighted by atomic mass is 10.2. The number of aromatic nitrogens is 1. The monoisotopic (exact) mass is 285 g/mol. The number of nitrogens with zero attached hydrogens (tertiary/aromatic N) is 1. The Balaban J connectivity index is 2.16. The Morgan fingerprint density at radius 3 is 2.52 bits per heavy atom. The van der Waals surface area contributed by atoms with E-state index in [-0.39, 0.29) is 11.9 Å². The molecule has 1 aromatic carbocycles. The molecule has 0 bridgehead atoms. The van der Waals surface area contributed by atoms with Crippen LogP contribution in [-0.4, -0.2) is 24.0 Å². The van der Waals surface area contributed by atoms with E-state index in [1.54, 1.807) is 49.7 Å². The van der Waals surface area contributed by atoms with E-state index in [0.717, 1.165) is 5.75 Å². The summed E-state index contributed by atoms with van der Waals surface area (Å²) in [4.78, 5) is 16.6. The van der Waals surface area contributed by atoms with Gasteiger partial charge in [-0.05, 0) is 50.2 Å². The molecule has 0 aliphatic heterocycles. The molecule has 5 heteroatoms. The summed E-state index contributed by atoms with van der Waals surface area (Å²) in [6, 6.07) is 10.9. The minimum atomic E-state index is -0.198. The van der Waals surface area contributed by atoms with Crippen molar-refractivity contribution < 1.29 is 9.53 Å². The molecule has 0 fully saturated rings. The number of anilines is 2. The largest absolute Gasteiger partial charge is 0.497 e. The van der Waals surface area contributed by atoms with Gasteiger partial charge in [0, 0.05) is 17.9 Å². The normalized spacial score (nSPS) is 10.3. The fraction of sp³-hybridized carbons (Fsp3) is 0.250. The third kappa shape index (κ3) is 3.95. The van der Waals surface area contributed by atoms with Crippen LogP contribution in [0.3, 0.4) is 0 Å². The molecule has 1 amide bonds. The molecule has 0 saturated carbocycles. The van der Waals surface area contributed by atoms with E-state index in [1.165, 1.54) is 0 Å². The van der Waals surface area contributed by atoms with Crippen molar-refractivity contribution in [2.45, 2.75) is 19.9 Å². The second kappa shape index (κ2) is 6.74. The first kappa shape index (κ1) is 14.8. The molecule has 0 aliphatic carbocycles. The van der Waals surface area contributed by atoms with E-state index in [2.05, 4.69) is 15.6 Å². The zero-order valence-corrected chi connectivity index (χ0v) is 12.4. The van der Waals surface area contributed by atoms with Gasteiger partial charge in [0.1, 0.15) is 11.6 Å². The molecule has 0 unspecified atom stereocenters. The Bertz CT molecular complexity index is 609. The first-order chi connectivity index (χ1) is 10.1. The van der Waals surface area contributed by atoms with Gasteiger partial charge in [-0.15, -0.1) is 0 Å². The van der Waals surface area contributed by atoms with Crippen LogP contribution in [0.4, 0.5) is 11.5 Å². The number of amides is 1. The van der Waals surface area contributed by atoms with Gasteiger partial charge in [0.05, 0.1) is 12.7 Å². The van der Waals surface area contributed by atoms with E-state index >= 15 is 0 Å². The van der Waals surface area contributed by atoms with Gasteiger partial charge >= 0.3 is 0 Å². The van der Waals surface area contributed by atoms with Crippen molar-refractivity contribution in [1.29, 1.82) is 0 Å². The highest BCUT2D eigenvalue weighted by atomic mass is 16.5. The summed E-state index contributed by atoms with van der Waals surface area (Å²) < 4.78 is 5.09. The first-order valence-corrected chi connectivity index (χ1v) is 6.77. The van der Waals surface area contributed by atoms with Crippen molar-refractivity contribution >= 4 is 17.4 Å². The minimum absolute atomic E-state index is 0.198. The van der Waals surface area contributed by atoms with Gasteiger partial charge < -0.3 is 15.4 Å². The molecule has 0 aliphatic rings. The van der Waals surface area contributed by atoms with Crippen LogP contribution in [0.15, 0.2) is 42.6 Å². The molecule has 0 atom stereocenters. The number of carbonyl (C=O) groups is 1. The van der Waals surface area contributed by atoms with Crippen LogP contribution < -0.4 is 15.4 Å². The maximum Gasteiger partial charge on any atom is 0.259 e. The Morgan fingerprint density at radius 2 is 1.90 bits per heavy atom. The van der Waals surface area contributed by atoms with Crippen LogP contribution in [0, 0.1) is 0 Å². The number of pyridine rings is 1. The van der Waals surface area contributed by atoms with Crippen LogP contribution in [0.25, 0.3) is 0 Å². The summed E-state index contributed by atoms with van der Waals surface area (Å²) in [6.07, 6.45) is 1.66. The van der Waals surface area contributed by atoms with E-state index in [4.69, 9.17) is 4.74 Å². The van der Waals surface area contributed by atoms with Crippen molar-refractivity contribution in [2.75, 3.05) is 17.7 Å². The van der Waals surface area contributed by atoms with Gasteiger partial charge in [-0.1, -0.05) is 0 Å². The zero-order chi connectivity index (χ0) is 15.2. The summed E-state index contributed by atoms with van der Waals surface area (Å²) in [5.74, 6) is 1.13. The highest BCUT2D eigenvalue weighted by Crippen LogP contribution is 2.18. The Hall–Kier alpha value is -2.56. The van der Waals surface area contributed by atoms with Crippen molar-refractivity contribution in [3.63, 3.8) is 0 Å². The fourth-order valence-electron chi connectivity index (χ4n) is 1.85. The van der Waals surface area contributed by atoms with Crippen LogP contribution in [0.5, 0.6) is 5.75 Å². The third-order valence-corrected chi connectivity index (χ3v) is 2.83. The topological polar surface area (TPSA) is 63.2 Å². The quantitative estimate of drug-likeness (QED) is 0.885. The highest BCUT2D eigenvalue weighted by Gasteiger charge is 2.13. The maximum atomic E-state index is 12.3. The average molecular weight is 285 g/mol. The molecule has 110 valence electrons. The summed E-state index contributed by atoms with van der Waals surface area (Å²) in [5, 5.41) is 6.02. The molecular weight excluding hydrogens is 266 g/mol. The van der Waals surface area contributed by atoms with Crippen LogP contribution in [0.1, 0.15) is 24.2 Å². The van der Waals surface area contributed by atoms with Gasteiger partial charge in [-0.2, -0.15) is 0 Å². The van der Waals surface area contributed by atoms with Gasteiger partial charge in [-0.25, -0.2) is 4.98 Å². The SMILES string of the molecule is COc1ccc(NC(=O)c2cccnc2NC(C)C)cc1. The zero-order valence-electron chi connectivity index (χ0n) is 12.4. The van der Waals surface area contributed by atoms with Gasteiger partial charge in [0.15, 0.2) is 0 Å². The first-order valence-electron chi connectivity index (χ1n) is 6.77. The summed E-state index contributed by atoms with van der Waals surface area (Å²) in [5.41, 5.74) is 1.22. The minimum Gasteiger partial charge on any atom is -0.497 e. The molecule has 21 heavy (non-hydrogen) atoms. The average Bonchev–Trinajstić information content (AvgIpc) is 2.48. The van der Waals surface area contributed by atoms with Gasteiger partial charge in [0.2, 0.25) is 0 Å². The lowest BCUT2D eigenvalue weighted by Crippen LogP contribution is -2.18. The predicted molar refractivity (Wildman–Crippen MR) is 83.9 cm³/mol.